The third-order valence-corrected chi connectivity index (χ3v) is 5.02. The number of carbonyl (C=O) groups excluding carboxylic acids is 1. The number of amides is 1. The van der Waals surface area contributed by atoms with Crippen molar-refractivity contribution < 1.29 is 4.79 Å². The van der Waals surface area contributed by atoms with Gasteiger partial charge < -0.3 is 9.72 Å². The van der Waals surface area contributed by atoms with Gasteiger partial charge in [-0.05, 0) is 41.6 Å². The van der Waals surface area contributed by atoms with Crippen molar-refractivity contribution in [3.05, 3.63) is 94.1 Å². The summed E-state index contributed by atoms with van der Waals surface area (Å²) in [5.41, 5.74) is 3.37. The van der Waals surface area contributed by atoms with Crippen LogP contribution in [0.25, 0.3) is 5.65 Å². The topological polar surface area (TPSA) is 46.4 Å². The Morgan fingerprint density at radius 3 is 2.76 bits per heavy atom. The van der Waals surface area contributed by atoms with Crippen LogP contribution in [0.5, 0.6) is 0 Å². The Hall–Kier alpha value is -2.92. The van der Waals surface area contributed by atoms with Gasteiger partial charge in [0.1, 0.15) is 11.3 Å². The maximum absolute atomic E-state index is 12.8. The Bertz CT molecular complexity index is 1010. The van der Waals surface area contributed by atoms with Crippen LogP contribution < -0.4 is 5.32 Å². The zero-order valence-electron chi connectivity index (χ0n) is 13.7. The van der Waals surface area contributed by atoms with Crippen molar-refractivity contribution in [1.29, 1.82) is 0 Å². The quantitative estimate of drug-likeness (QED) is 0.601. The van der Waals surface area contributed by atoms with Crippen LogP contribution >= 0.6 is 11.3 Å². The molecule has 3 aromatic heterocycles. The van der Waals surface area contributed by atoms with Gasteiger partial charge in [-0.25, -0.2) is 4.98 Å². The standard InChI is InChI=1S/C20H17N3OS/c1-14-9-10-23-13-16(21-18(23)12-14)20(24)22-19(17-8-5-11-25-17)15-6-3-2-4-7-15/h2-13,19H,1H3,(H,22,24)/t19-/m0/s1. The van der Waals surface area contributed by atoms with Gasteiger partial charge in [0.05, 0.1) is 6.04 Å². The summed E-state index contributed by atoms with van der Waals surface area (Å²) < 4.78 is 1.87. The Morgan fingerprint density at radius 2 is 2.00 bits per heavy atom. The highest BCUT2D eigenvalue weighted by atomic mass is 32.1. The summed E-state index contributed by atoms with van der Waals surface area (Å²) in [6, 6.07) is 17.8. The first-order valence-corrected chi connectivity index (χ1v) is 8.93. The molecule has 0 saturated carbocycles. The molecule has 0 aliphatic heterocycles. The maximum Gasteiger partial charge on any atom is 0.272 e. The first kappa shape index (κ1) is 15.6. The predicted molar refractivity (Wildman–Crippen MR) is 100.0 cm³/mol. The third-order valence-electron chi connectivity index (χ3n) is 4.08. The molecule has 1 atom stereocenters. The van der Waals surface area contributed by atoms with Gasteiger partial charge in [-0.15, -0.1) is 11.3 Å². The average molecular weight is 347 g/mol. The second kappa shape index (κ2) is 6.53. The van der Waals surface area contributed by atoms with Crippen molar-refractivity contribution in [3.63, 3.8) is 0 Å². The van der Waals surface area contributed by atoms with E-state index >= 15 is 0 Å². The third kappa shape index (κ3) is 3.19. The van der Waals surface area contributed by atoms with Gasteiger partial charge in [0.15, 0.2) is 0 Å². The van der Waals surface area contributed by atoms with Crippen LogP contribution in [0.4, 0.5) is 0 Å². The molecular weight excluding hydrogens is 330 g/mol. The van der Waals surface area contributed by atoms with Gasteiger partial charge in [-0.1, -0.05) is 36.4 Å². The Balaban J connectivity index is 1.66. The molecule has 3 heterocycles. The lowest BCUT2D eigenvalue weighted by Gasteiger charge is -2.17. The van der Waals surface area contributed by atoms with E-state index in [1.54, 1.807) is 17.5 Å². The highest BCUT2D eigenvalue weighted by molar-refractivity contribution is 7.10. The number of hydrogen-bond acceptors (Lipinski definition) is 3. The fourth-order valence-electron chi connectivity index (χ4n) is 2.82. The molecule has 0 aliphatic rings. The number of aryl methyl sites for hydroxylation is 1. The molecule has 0 radical (unpaired) electrons. The zero-order valence-corrected chi connectivity index (χ0v) is 14.5. The maximum atomic E-state index is 12.8. The minimum absolute atomic E-state index is 0.177. The summed E-state index contributed by atoms with van der Waals surface area (Å²) >= 11 is 1.63. The van der Waals surface area contributed by atoms with Crippen LogP contribution in [0.1, 0.15) is 32.5 Å². The number of fused-ring (bicyclic) bond motifs is 1. The van der Waals surface area contributed by atoms with E-state index in [-0.39, 0.29) is 11.9 Å². The Morgan fingerprint density at radius 1 is 1.16 bits per heavy atom. The second-order valence-electron chi connectivity index (χ2n) is 5.93. The largest absolute Gasteiger partial charge is 0.339 e. The van der Waals surface area contributed by atoms with Crippen LogP contribution in [0, 0.1) is 6.92 Å². The number of carbonyl (C=O) groups is 1. The average Bonchev–Trinajstić information content (AvgIpc) is 3.29. The van der Waals surface area contributed by atoms with Gasteiger partial charge in [0.2, 0.25) is 0 Å². The predicted octanol–water partition coefficient (Wildman–Crippen LogP) is 4.22. The van der Waals surface area contributed by atoms with Crippen LogP contribution in [-0.2, 0) is 0 Å². The molecular formula is C20H17N3OS. The molecule has 4 rings (SSSR count). The minimum atomic E-state index is -0.180. The van der Waals surface area contributed by atoms with Crippen molar-refractivity contribution in [2.75, 3.05) is 0 Å². The van der Waals surface area contributed by atoms with E-state index in [9.17, 15) is 4.79 Å². The number of aromatic nitrogens is 2. The van der Waals surface area contributed by atoms with Crippen LogP contribution in [0.15, 0.2) is 72.4 Å². The number of rotatable bonds is 4. The monoisotopic (exact) mass is 347 g/mol. The molecule has 5 heteroatoms. The van der Waals surface area contributed by atoms with E-state index in [0.29, 0.717) is 5.69 Å². The van der Waals surface area contributed by atoms with Crippen molar-refractivity contribution in [2.24, 2.45) is 0 Å². The van der Waals surface area contributed by atoms with Gasteiger partial charge >= 0.3 is 0 Å². The number of nitrogens with one attached hydrogen (secondary N) is 1. The van der Waals surface area contributed by atoms with Gasteiger partial charge in [-0.2, -0.15) is 0 Å². The molecule has 0 bridgehead atoms. The number of imidazole rings is 1. The zero-order chi connectivity index (χ0) is 17.2. The minimum Gasteiger partial charge on any atom is -0.339 e. The van der Waals surface area contributed by atoms with Crippen molar-refractivity contribution in [3.8, 4) is 0 Å². The van der Waals surface area contributed by atoms with E-state index in [1.165, 1.54) is 0 Å². The molecule has 124 valence electrons. The van der Waals surface area contributed by atoms with Gasteiger partial charge in [0.25, 0.3) is 5.91 Å². The summed E-state index contributed by atoms with van der Waals surface area (Å²) in [7, 11) is 0. The number of nitrogens with zero attached hydrogens (tertiary/aromatic N) is 2. The van der Waals surface area contributed by atoms with Gasteiger partial charge in [-0.3, -0.25) is 4.79 Å². The smallest absolute Gasteiger partial charge is 0.272 e. The number of benzene rings is 1. The van der Waals surface area contributed by atoms with E-state index < -0.39 is 0 Å². The van der Waals surface area contributed by atoms with E-state index in [0.717, 1.165) is 21.7 Å². The summed E-state index contributed by atoms with van der Waals surface area (Å²) in [6.45, 7) is 2.01. The number of pyridine rings is 1. The second-order valence-corrected chi connectivity index (χ2v) is 6.91. The number of hydrogen-bond donors (Lipinski definition) is 1. The first-order chi connectivity index (χ1) is 12.2. The molecule has 1 amide bonds. The fourth-order valence-corrected chi connectivity index (χ4v) is 3.62. The normalized spacial score (nSPS) is 12.2. The Labute approximate surface area is 149 Å². The molecule has 0 aliphatic carbocycles. The van der Waals surface area contributed by atoms with E-state index in [2.05, 4.69) is 10.3 Å². The lowest BCUT2D eigenvalue weighted by atomic mass is 10.1. The van der Waals surface area contributed by atoms with Gasteiger partial charge in [0, 0.05) is 17.3 Å². The summed E-state index contributed by atoms with van der Waals surface area (Å²) in [4.78, 5) is 18.3. The summed E-state index contributed by atoms with van der Waals surface area (Å²) in [6.07, 6.45) is 3.68. The highest BCUT2D eigenvalue weighted by Crippen LogP contribution is 2.26. The lowest BCUT2D eigenvalue weighted by molar-refractivity contribution is 0.0939. The van der Waals surface area contributed by atoms with E-state index in [1.807, 2.05) is 77.5 Å². The molecule has 25 heavy (non-hydrogen) atoms. The molecule has 0 spiro atoms. The molecule has 0 saturated heterocycles. The van der Waals surface area contributed by atoms with Crippen LogP contribution in [0.2, 0.25) is 0 Å². The molecule has 0 fully saturated rings. The highest BCUT2D eigenvalue weighted by Gasteiger charge is 2.20. The van der Waals surface area contributed by atoms with Crippen molar-refractivity contribution in [1.82, 2.24) is 14.7 Å². The summed E-state index contributed by atoms with van der Waals surface area (Å²) in [5.74, 6) is -0.177. The molecule has 0 unspecified atom stereocenters. The van der Waals surface area contributed by atoms with Crippen LogP contribution in [-0.4, -0.2) is 15.3 Å². The molecule has 1 aromatic carbocycles. The van der Waals surface area contributed by atoms with E-state index in [4.69, 9.17) is 0 Å². The lowest BCUT2D eigenvalue weighted by Crippen LogP contribution is -2.29. The van der Waals surface area contributed by atoms with Crippen LogP contribution in [0.3, 0.4) is 0 Å². The Kier molecular flexibility index (Phi) is 4.07. The number of thiophene rings is 1. The first-order valence-electron chi connectivity index (χ1n) is 8.05. The molecule has 4 aromatic rings. The van der Waals surface area contributed by atoms with Crippen molar-refractivity contribution in [2.45, 2.75) is 13.0 Å². The molecule has 1 N–H and O–H groups in total. The van der Waals surface area contributed by atoms with Crippen molar-refractivity contribution >= 4 is 22.9 Å². The molecule has 4 nitrogen and oxygen atoms in total. The fraction of sp³-hybridized carbons (Fsp3) is 0.100. The summed E-state index contributed by atoms with van der Waals surface area (Å²) in [5, 5.41) is 5.14. The SMILES string of the molecule is Cc1ccn2cc(C(=O)N[C@@H](c3ccccc3)c3cccs3)nc2c1.